The maximum Gasteiger partial charge on any atom is 0.225 e. The molecule has 1 N–H and O–H groups in total. The van der Waals surface area contributed by atoms with E-state index in [2.05, 4.69) is 5.32 Å². The highest BCUT2D eigenvalue weighted by atomic mass is 16.5. The van der Waals surface area contributed by atoms with Crippen molar-refractivity contribution in [2.45, 2.75) is 19.4 Å². The van der Waals surface area contributed by atoms with Gasteiger partial charge in [-0.2, -0.15) is 0 Å². The van der Waals surface area contributed by atoms with E-state index in [0.717, 1.165) is 28.2 Å². The number of hydrogen-bond acceptors (Lipinski definition) is 3. The second kappa shape index (κ2) is 9.60. The lowest BCUT2D eigenvalue weighted by molar-refractivity contribution is -0.120. The monoisotopic (exact) mass is 375 g/mol. The van der Waals surface area contributed by atoms with Gasteiger partial charge in [-0.05, 0) is 47.9 Å². The molecule has 3 aromatic rings. The van der Waals surface area contributed by atoms with Crippen molar-refractivity contribution in [3.63, 3.8) is 0 Å². The van der Waals surface area contributed by atoms with Crippen LogP contribution >= 0.6 is 0 Å². The molecule has 0 spiro atoms. The first-order chi connectivity index (χ1) is 13.7. The molecule has 1 amide bonds. The van der Waals surface area contributed by atoms with E-state index in [0.29, 0.717) is 13.0 Å². The standard InChI is InChI=1S/C24H25NO3/c1-3-28-22-15-11-20(12-16-22)24(19-9-13-21(27-2)14-10-19)25-23(26)17-18-7-5-4-6-8-18/h4-16,24H,3,17H2,1-2H3,(H,25,26)/t24-/m0/s1. The van der Waals surface area contributed by atoms with Crippen molar-refractivity contribution < 1.29 is 14.3 Å². The Kier molecular flexibility index (Phi) is 6.68. The zero-order chi connectivity index (χ0) is 19.8. The first-order valence-corrected chi connectivity index (χ1v) is 9.39. The number of benzene rings is 3. The molecule has 1 atom stereocenters. The number of rotatable bonds is 8. The Balaban J connectivity index is 1.83. The fourth-order valence-corrected chi connectivity index (χ4v) is 3.07. The Morgan fingerprint density at radius 2 is 1.43 bits per heavy atom. The van der Waals surface area contributed by atoms with Gasteiger partial charge in [0.05, 0.1) is 26.2 Å². The van der Waals surface area contributed by atoms with Gasteiger partial charge in [-0.15, -0.1) is 0 Å². The van der Waals surface area contributed by atoms with Gasteiger partial charge in [0, 0.05) is 0 Å². The lowest BCUT2D eigenvalue weighted by Crippen LogP contribution is -2.30. The van der Waals surface area contributed by atoms with Crippen LogP contribution in [0.3, 0.4) is 0 Å². The van der Waals surface area contributed by atoms with Gasteiger partial charge in [0.1, 0.15) is 11.5 Å². The summed E-state index contributed by atoms with van der Waals surface area (Å²) in [4.78, 5) is 12.7. The zero-order valence-corrected chi connectivity index (χ0v) is 16.2. The minimum Gasteiger partial charge on any atom is -0.497 e. The van der Waals surface area contributed by atoms with Crippen molar-refractivity contribution in [1.82, 2.24) is 5.32 Å². The van der Waals surface area contributed by atoms with Crippen molar-refractivity contribution in [1.29, 1.82) is 0 Å². The molecule has 0 radical (unpaired) electrons. The van der Waals surface area contributed by atoms with E-state index < -0.39 is 0 Å². The molecule has 0 aliphatic carbocycles. The SMILES string of the molecule is CCOc1ccc([C@@H](NC(=O)Cc2ccccc2)c2ccc(OC)cc2)cc1. The number of nitrogens with one attached hydrogen (secondary N) is 1. The van der Waals surface area contributed by atoms with Gasteiger partial charge in [0.25, 0.3) is 0 Å². The van der Waals surface area contributed by atoms with Crippen LogP contribution in [-0.4, -0.2) is 19.6 Å². The molecule has 0 saturated heterocycles. The summed E-state index contributed by atoms with van der Waals surface area (Å²) in [6, 6.07) is 25.1. The second-order valence-electron chi connectivity index (χ2n) is 6.44. The molecule has 0 aromatic heterocycles. The Bertz CT molecular complexity index is 874. The topological polar surface area (TPSA) is 47.6 Å². The third kappa shape index (κ3) is 5.13. The van der Waals surface area contributed by atoms with Crippen LogP contribution in [0.2, 0.25) is 0 Å². The molecule has 0 aliphatic rings. The summed E-state index contributed by atoms with van der Waals surface area (Å²) in [6.45, 7) is 2.58. The molecule has 4 heteroatoms. The second-order valence-corrected chi connectivity index (χ2v) is 6.44. The molecule has 28 heavy (non-hydrogen) atoms. The van der Waals surface area contributed by atoms with Crippen LogP contribution in [0.5, 0.6) is 11.5 Å². The van der Waals surface area contributed by atoms with Crippen LogP contribution in [-0.2, 0) is 11.2 Å². The molecule has 0 heterocycles. The number of hydrogen-bond donors (Lipinski definition) is 1. The summed E-state index contributed by atoms with van der Waals surface area (Å²) in [5.41, 5.74) is 2.97. The highest BCUT2D eigenvalue weighted by Crippen LogP contribution is 2.26. The number of methoxy groups -OCH3 is 1. The van der Waals surface area contributed by atoms with Gasteiger partial charge in [-0.3, -0.25) is 4.79 Å². The number of carbonyl (C=O) groups excluding carboxylic acids is 1. The minimum absolute atomic E-state index is 0.0269. The van der Waals surface area contributed by atoms with Crippen molar-refractivity contribution >= 4 is 5.91 Å². The van der Waals surface area contributed by atoms with Crippen molar-refractivity contribution in [2.75, 3.05) is 13.7 Å². The first kappa shape index (κ1) is 19.5. The average Bonchev–Trinajstić information content (AvgIpc) is 2.74. The lowest BCUT2D eigenvalue weighted by atomic mass is 9.98. The van der Waals surface area contributed by atoms with Gasteiger partial charge in [0.15, 0.2) is 0 Å². The quantitative estimate of drug-likeness (QED) is 0.629. The van der Waals surface area contributed by atoms with E-state index in [1.807, 2.05) is 85.8 Å². The summed E-state index contributed by atoms with van der Waals surface area (Å²) >= 11 is 0. The predicted molar refractivity (Wildman–Crippen MR) is 111 cm³/mol. The Labute approximate surface area is 166 Å². The van der Waals surface area contributed by atoms with Crippen LogP contribution in [0.25, 0.3) is 0 Å². The summed E-state index contributed by atoms with van der Waals surface area (Å²) in [7, 11) is 1.64. The molecular formula is C24H25NO3. The van der Waals surface area contributed by atoms with Gasteiger partial charge >= 0.3 is 0 Å². The van der Waals surface area contributed by atoms with Crippen molar-refractivity contribution in [2.24, 2.45) is 0 Å². The summed E-state index contributed by atoms with van der Waals surface area (Å²) < 4.78 is 10.8. The van der Waals surface area contributed by atoms with E-state index >= 15 is 0 Å². The predicted octanol–water partition coefficient (Wildman–Crippen LogP) is 4.54. The normalized spacial score (nSPS) is 11.5. The smallest absolute Gasteiger partial charge is 0.225 e. The fourth-order valence-electron chi connectivity index (χ4n) is 3.07. The highest BCUT2D eigenvalue weighted by Gasteiger charge is 2.17. The average molecular weight is 375 g/mol. The fraction of sp³-hybridized carbons (Fsp3) is 0.208. The number of carbonyl (C=O) groups is 1. The molecule has 0 saturated carbocycles. The molecular weight excluding hydrogens is 350 g/mol. The van der Waals surface area contributed by atoms with Crippen molar-refractivity contribution in [3.05, 3.63) is 95.6 Å². The number of ether oxygens (including phenoxy) is 2. The first-order valence-electron chi connectivity index (χ1n) is 9.39. The highest BCUT2D eigenvalue weighted by molar-refractivity contribution is 5.79. The van der Waals surface area contributed by atoms with E-state index in [4.69, 9.17) is 9.47 Å². The minimum atomic E-state index is -0.252. The third-order valence-corrected chi connectivity index (χ3v) is 4.49. The van der Waals surface area contributed by atoms with Gasteiger partial charge < -0.3 is 14.8 Å². The van der Waals surface area contributed by atoms with Crippen LogP contribution in [0.4, 0.5) is 0 Å². The molecule has 0 bridgehead atoms. The van der Waals surface area contributed by atoms with E-state index in [-0.39, 0.29) is 11.9 Å². The molecule has 0 aliphatic heterocycles. The molecule has 0 unspecified atom stereocenters. The summed E-state index contributed by atoms with van der Waals surface area (Å²) in [6.07, 6.45) is 0.338. The maximum atomic E-state index is 12.7. The molecule has 0 fully saturated rings. The zero-order valence-electron chi connectivity index (χ0n) is 16.2. The maximum absolute atomic E-state index is 12.7. The van der Waals surface area contributed by atoms with Gasteiger partial charge in [-0.1, -0.05) is 54.6 Å². The van der Waals surface area contributed by atoms with Crippen molar-refractivity contribution in [3.8, 4) is 11.5 Å². The van der Waals surface area contributed by atoms with Crippen LogP contribution < -0.4 is 14.8 Å². The van der Waals surface area contributed by atoms with E-state index in [9.17, 15) is 4.79 Å². The summed E-state index contributed by atoms with van der Waals surface area (Å²) in [5, 5.41) is 3.17. The molecule has 144 valence electrons. The van der Waals surface area contributed by atoms with Gasteiger partial charge in [-0.25, -0.2) is 0 Å². The lowest BCUT2D eigenvalue weighted by Gasteiger charge is -2.21. The molecule has 4 nitrogen and oxygen atoms in total. The van der Waals surface area contributed by atoms with Crippen LogP contribution in [0.1, 0.15) is 29.7 Å². The largest absolute Gasteiger partial charge is 0.497 e. The third-order valence-electron chi connectivity index (χ3n) is 4.49. The van der Waals surface area contributed by atoms with E-state index in [1.165, 1.54) is 0 Å². The van der Waals surface area contributed by atoms with E-state index in [1.54, 1.807) is 7.11 Å². The Morgan fingerprint density at radius 1 is 0.857 bits per heavy atom. The Morgan fingerprint density at radius 3 is 1.96 bits per heavy atom. The van der Waals surface area contributed by atoms with Gasteiger partial charge in [0.2, 0.25) is 5.91 Å². The molecule has 3 aromatic carbocycles. The molecule has 3 rings (SSSR count). The van der Waals surface area contributed by atoms with Crippen LogP contribution in [0.15, 0.2) is 78.9 Å². The number of amides is 1. The van der Waals surface area contributed by atoms with Crippen LogP contribution in [0, 0.1) is 0 Å². The Hall–Kier alpha value is -3.27. The summed E-state index contributed by atoms with van der Waals surface area (Å²) in [5.74, 6) is 1.57.